The fourth-order valence-electron chi connectivity index (χ4n) is 5.39. The molecule has 6 nitrogen and oxygen atoms in total. The predicted molar refractivity (Wildman–Crippen MR) is 158 cm³/mol. The largest absolute Gasteiger partial charge is 0.479 e. The van der Waals surface area contributed by atoms with E-state index in [4.69, 9.17) is 9.72 Å². The molecule has 2 atom stereocenters. The number of para-hydroxylation sites is 1. The number of aromatic nitrogens is 1. The molecular weight excluding hydrogens is 512 g/mol. The first-order valence-electron chi connectivity index (χ1n) is 13.7. The summed E-state index contributed by atoms with van der Waals surface area (Å²) in [4.78, 5) is 45.7. The number of carbonyl (C=O) groups excluding carboxylic acids is 3. The maximum absolute atomic E-state index is 14.2. The highest BCUT2D eigenvalue weighted by Gasteiger charge is 2.36. The highest BCUT2D eigenvalue weighted by Crippen LogP contribution is 2.39. The van der Waals surface area contributed by atoms with E-state index in [1.165, 1.54) is 0 Å². The lowest BCUT2D eigenvalue weighted by Gasteiger charge is -2.26. The Hall–Kier alpha value is -5.10. The number of fused-ring (bicyclic) bond motifs is 2. The van der Waals surface area contributed by atoms with Crippen LogP contribution in [0.25, 0.3) is 22.2 Å². The maximum atomic E-state index is 14.2. The highest BCUT2D eigenvalue weighted by atomic mass is 16.5. The van der Waals surface area contributed by atoms with E-state index in [9.17, 15) is 14.4 Å². The first-order valence-corrected chi connectivity index (χ1v) is 13.7. The second-order valence-electron chi connectivity index (χ2n) is 10.0. The predicted octanol–water partition coefficient (Wildman–Crippen LogP) is 7.00. The van der Waals surface area contributed by atoms with Gasteiger partial charge in [-0.3, -0.25) is 14.4 Å². The summed E-state index contributed by atoms with van der Waals surface area (Å²) >= 11 is 0. The summed E-state index contributed by atoms with van der Waals surface area (Å²) in [7, 11) is 0. The number of hydrogen-bond donors (Lipinski definition) is 1. The van der Waals surface area contributed by atoms with Crippen molar-refractivity contribution in [3.63, 3.8) is 0 Å². The van der Waals surface area contributed by atoms with Gasteiger partial charge in [-0.2, -0.15) is 0 Å². The molecule has 0 aliphatic heterocycles. The van der Waals surface area contributed by atoms with Crippen molar-refractivity contribution in [2.75, 3.05) is 0 Å². The Morgan fingerprint density at radius 3 is 2.22 bits per heavy atom. The van der Waals surface area contributed by atoms with Crippen molar-refractivity contribution in [1.82, 2.24) is 10.3 Å². The number of benzene rings is 4. The Kier molecular flexibility index (Phi) is 7.13. The van der Waals surface area contributed by atoms with Crippen LogP contribution in [0, 0.1) is 0 Å². The van der Waals surface area contributed by atoms with Gasteiger partial charge in [0.1, 0.15) is 5.69 Å². The second-order valence-corrected chi connectivity index (χ2v) is 10.0. The summed E-state index contributed by atoms with van der Waals surface area (Å²) in [5.74, 6) is -0.641. The number of ketones is 2. The third-order valence-electron chi connectivity index (χ3n) is 7.45. The van der Waals surface area contributed by atoms with Crippen LogP contribution >= 0.6 is 0 Å². The molecule has 1 aliphatic carbocycles. The highest BCUT2D eigenvalue weighted by molar-refractivity contribution is 6.16. The first-order chi connectivity index (χ1) is 20.0. The molecule has 6 rings (SSSR count). The zero-order valence-corrected chi connectivity index (χ0v) is 22.5. The van der Waals surface area contributed by atoms with Gasteiger partial charge >= 0.3 is 0 Å². The van der Waals surface area contributed by atoms with Crippen LogP contribution in [-0.2, 0) is 0 Å². The van der Waals surface area contributed by atoms with E-state index in [-0.39, 0.29) is 41.2 Å². The standard InChI is InChI=1S/C35H28N2O4/c1-2-27(22-13-5-3-6-14-22)37-35(40)31-26-19-11-12-20-28(26)36-32(23-15-7-4-8-16-23)34(31)41-30-21-29(38)24-17-9-10-18-25(24)33(30)39/h3-20,27,30H,2,21H2,1H3,(H,37,40)/t27?,30-/m0/s1. The first kappa shape index (κ1) is 26.1. The van der Waals surface area contributed by atoms with Crippen molar-refractivity contribution >= 4 is 28.4 Å². The van der Waals surface area contributed by atoms with Crippen LogP contribution in [0.5, 0.6) is 5.75 Å². The second kappa shape index (κ2) is 11.2. The normalized spacial score (nSPS) is 15.3. The molecule has 6 heteroatoms. The minimum Gasteiger partial charge on any atom is -0.479 e. The lowest BCUT2D eigenvalue weighted by Crippen LogP contribution is -2.37. The topological polar surface area (TPSA) is 85.4 Å². The molecule has 5 aromatic rings. The van der Waals surface area contributed by atoms with Gasteiger partial charge in [-0.05, 0) is 18.1 Å². The zero-order valence-electron chi connectivity index (χ0n) is 22.5. The van der Waals surface area contributed by atoms with Gasteiger partial charge in [-0.1, -0.05) is 110 Å². The Labute approximate surface area is 238 Å². The number of nitrogens with one attached hydrogen (secondary N) is 1. The molecule has 0 spiro atoms. The number of hydrogen-bond acceptors (Lipinski definition) is 5. The van der Waals surface area contributed by atoms with Crippen LogP contribution in [0.3, 0.4) is 0 Å². The third-order valence-corrected chi connectivity index (χ3v) is 7.45. The monoisotopic (exact) mass is 540 g/mol. The minimum absolute atomic E-state index is 0.125. The van der Waals surface area contributed by atoms with Crippen LogP contribution in [0.4, 0.5) is 0 Å². The van der Waals surface area contributed by atoms with Gasteiger partial charge in [0.15, 0.2) is 17.6 Å². The van der Waals surface area contributed by atoms with E-state index in [0.29, 0.717) is 34.1 Å². The fourth-order valence-corrected chi connectivity index (χ4v) is 5.39. The number of carbonyl (C=O) groups is 3. The van der Waals surface area contributed by atoms with Gasteiger partial charge in [0.05, 0.1) is 23.5 Å². The average molecular weight is 541 g/mol. The lowest BCUT2D eigenvalue weighted by molar-refractivity contribution is 0.0692. The summed E-state index contributed by atoms with van der Waals surface area (Å²) in [5, 5.41) is 3.78. The lowest BCUT2D eigenvalue weighted by atomic mass is 9.87. The molecule has 0 saturated heterocycles. The molecule has 0 radical (unpaired) electrons. The molecule has 1 heterocycles. The minimum atomic E-state index is -1.09. The maximum Gasteiger partial charge on any atom is 0.256 e. The van der Waals surface area contributed by atoms with E-state index in [0.717, 1.165) is 11.1 Å². The SMILES string of the molecule is CCC(NC(=O)c1c(O[C@H]2CC(=O)c3ccccc3C2=O)c(-c2ccccc2)nc2ccccc12)c1ccccc1. The van der Waals surface area contributed by atoms with Crippen molar-refractivity contribution in [3.05, 3.63) is 131 Å². The number of amides is 1. The fraction of sp³-hybridized carbons (Fsp3) is 0.143. The summed E-state index contributed by atoms with van der Waals surface area (Å²) < 4.78 is 6.47. The molecule has 1 amide bonds. The zero-order chi connectivity index (χ0) is 28.3. The summed E-state index contributed by atoms with van der Waals surface area (Å²) in [5.41, 5.74) is 3.76. The molecule has 1 aromatic heterocycles. The molecule has 0 bridgehead atoms. The number of pyridine rings is 1. The van der Waals surface area contributed by atoms with Crippen molar-refractivity contribution in [2.45, 2.75) is 31.9 Å². The number of nitrogens with zero attached hydrogens (tertiary/aromatic N) is 1. The van der Waals surface area contributed by atoms with E-state index >= 15 is 0 Å². The van der Waals surface area contributed by atoms with Gasteiger partial charge < -0.3 is 10.1 Å². The van der Waals surface area contributed by atoms with Crippen LogP contribution in [0.1, 0.15) is 62.4 Å². The molecule has 202 valence electrons. The third kappa shape index (κ3) is 5.00. The Morgan fingerprint density at radius 1 is 0.854 bits per heavy atom. The molecule has 1 aliphatic rings. The van der Waals surface area contributed by atoms with Crippen molar-refractivity contribution in [1.29, 1.82) is 0 Å². The van der Waals surface area contributed by atoms with Gasteiger partial charge in [0, 0.05) is 22.1 Å². The summed E-state index contributed by atoms with van der Waals surface area (Å²) in [6, 6.07) is 33.1. The van der Waals surface area contributed by atoms with E-state index in [1.807, 2.05) is 91.9 Å². The number of ether oxygens (including phenoxy) is 1. The summed E-state index contributed by atoms with van der Waals surface area (Å²) in [6.45, 7) is 2.01. The van der Waals surface area contributed by atoms with Gasteiger partial charge in [0.2, 0.25) is 5.78 Å². The van der Waals surface area contributed by atoms with Crippen LogP contribution in [0.15, 0.2) is 109 Å². The molecule has 1 unspecified atom stereocenters. The van der Waals surface area contributed by atoms with Crippen LogP contribution < -0.4 is 10.1 Å². The number of Topliss-reactive ketones (excluding diaryl/α,β-unsaturated/α-hetero) is 2. The molecule has 41 heavy (non-hydrogen) atoms. The molecule has 0 fully saturated rings. The van der Waals surface area contributed by atoms with Gasteiger partial charge in [-0.15, -0.1) is 0 Å². The molecular formula is C35H28N2O4. The van der Waals surface area contributed by atoms with E-state index in [2.05, 4.69) is 5.32 Å². The Balaban J connectivity index is 1.51. The quantitative estimate of drug-likeness (QED) is 0.240. The van der Waals surface area contributed by atoms with Crippen molar-refractivity contribution in [2.24, 2.45) is 0 Å². The Morgan fingerprint density at radius 2 is 1.49 bits per heavy atom. The smallest absolute Gasteiger partial charge is 0.256 e. The summed E-state index contributed by atoms with van der Waals surface area (Å²) in [6.07, 6.45) is -0.544. The molecule has 0 saturated carbocycles. The van der Waals surface area contributed by atoms with Crippen LogP contribution in [-0.4, -0.2) is 28.6 Å². The van der Waals surface area contributed by atoms with Crippen molar-refractivity contribution in [3.8, 4) is 17.0 Å². The van der Waals surface area contributed by atoms with Gasteiger partial charge in [0.25, 0.3) is 5.91 Å². The average Bonchev–Trinajstić information content (AvgIpc) is 3.02. The van der Waals surface area contributed by atoms with Crippen molar-refractivity contribution < 1.29 is 19.1 Å². The Bertz CT molecular complexity index is 1770. The van der Waals surface area contributed by atoms with Gasteiger partial charge in [-0.25, -0.2) is 4.98 Å². The van der Waals surface area contributed by atoms with Crippen LogP contribution in [0.2, 0.25) is 0 Å². The molecule has 4 aromatic carbocycles. The van der Waals surface area contributed by atoms with E-state index in [1.54, 1.807) is 24.3 Å². The number of rotatable bonds is 7. The molecule has 1 N–H and O–H groups in total. The van der Waals surface area contributed by atoms with E-state index < -0.39 is 6.10 Å².